The van der Waals surface area contributed by atoms with Crippen LogP contribution in [0.1, 0.15) is 23.1 Å². The quantitative estimate of drug-likeness (QED) is 0.751. The van der Waals surface area contributed by atoms with Crippen molar-refractivity contribution in [2.24, 2.45) is 0 Å². The lowest BCUT2D eigenvalue weighted by Gasteiger charge is -2.08. The zero-order valence-corrected chi connectivity index (χ0v) is 9.82. The molecule has 3 heteroatoms. The average Bonchev–Trinajstić information content (AvgIpc) is 2.23. The molecule has 1 N–H and O–H groups in total. The molecule has 0 bridgehead atoms. The lowest BCUT2D eigenvalue weighted by Crippen LogP contribution is -2.06. The Morgan fingerprint density at radius 1 is 1.31 bits per heavy atom. The van der Waals surface area contributed by atoms with Crippen molar-refractivity contribution in [1.82, 2.24) is 0 Å². The van der Waals surface area contributed by atoms with E-state index in [1.165, 1.54) is 16.7 Å². The highest BCUT2D eigenvalue weighted by molar-refractivity contribution is 5.66. The summed E-state index contributed by atoms with van der Waals surface area (Å²) in [6.45, 7) is 5.06. The van der Waals surface area contributed by atoms with Crippen molar-refractivity contribution >= 4 is 5.97 Å². The molecule has 0 aliphatic heterocycles. The van der Waals surface area contributed by atoms with Crippen LogP contribution in [0.4, 0.5) is 0 Å². The highest BCUT2D eigenvalue weighted by Crippen LogP contribution is 2.13. The van der Waals surface area contributed by atoms with Gasteiger partial charge in [0, 0.05) is 0 Å². The molecule has 1 rings (SSSR count). The van der Waals surface area contributed by atoms with Crippen LogP contribution in [0.2, 0.25) is 0 Å². The maximum absolute atomic E-state index is 10.3. The van der Waals surface area contributed by atoms with Crippen molar-refractivity contribution in [1.29, 1.82) is 0 Å². The van der Waals surface area contributed by atoms with Gasteiger partial charge >= 0.3 is 5.97 Å². The Bertz CT molecular complexity index is 358. The number of carboxylic acids is 1. The zero-order chi connectivity index (χ0) is 12.0. The Kier molecular flexibility index (Phi) is 4.99. The topological polar surface area (TPSA) is 46.5 Å². The third-order valence-corrected chi connectivity index (χ3v) is 2.69. The lowest BCUT2D eigenvalue weighted by molar-refractivity contribution is -0.138. The molecule has 0 aromatic heterocycles. The van der Waals surface area contributed by atoms with Crippen molar-refractivity contribution in [2.45, 2.75) is 26.7 Å². The van der Waals surface area contributed by atoms with Crippen LogP contribution in [0, 0.1) is 13.8 Å². The first-order valence-electron chi connectivity index (χ1n) is 5.46. The molecule has 0 spiro atoms. The molecular formula is C13H18O3. The number of aryl methyl sites for hydroxylation is 1. The Labute approximate surface area is 96.1 Å². The summed E-state index contributed by atoms with van der Waals surface area (Å²) in [6, 6.07) is 6.21. The molecule has 3 nitrogen and oxygen atoms in total. The summed E-state index contributed by atoms with van der Waals surface area (Å²) in [6.07, 6.45) is 0.917. The smallest absolute Gasteiger partial charge is 0.305 e. The predicted octanol–water partition coefficient (Wildman–Crippen LogP) is 2.34. The van der Waals surface area contributed by atoms with Crippen LogP contribution in [0.25, 0.3) is 0 Å². The molecule has 1 aromatic rings. The van der Waals surface area contributed by atoms with Crippen molar-refractivity contribution in [3.05, 3.63) is 34.9 Å². The maximum Gasteiger partial charge on any atom is 0.305 e. The Hall–Kier alpha value is -1.35. The van der Waals surface area contributed by atoms with Gasteiger partial charge in [0.15, 0.2) is 0 Å². The summed E-state index contributed by atoms with van der Waals surface area (Å²) in [5.74, 6) is -0.813. The van der Waals surface area contributed by atoms with E-state index >= 15 is 0 Å². The minimum Gasteiger partial charge on any atom is -0.481 e. The molecule has 0 atom stereocenters. The number of hydrogen-bond donors (Lipinski definition) is 1. The van der Waals surface area contributed by atoms with Crippen molar-refractivity contribution in [2.75, 3.05) is 13.2 Å². The Morgan fingerprint density at radius 2 is 2.06 bits per heavy atom. The molecule has 0 fully saturated rings. The van der Waals surface area contributed by atoms with E-state index in [2.05, 4.69) is 26.0 Å². The number of ether oxygens (including phenoxy) is 1. The molecule has 0 saturated carbocycles. The first-order chi connectivity index (χ1) is 7.61. The maximum atomic E-state index is 10.3. The lowest BCUT2D eigenvalue weighted by atomic mass is 10.0. The number of carboxylic acid groups (broad SMARTS) is 1. The van der Waals surface area contributed by atoms with Gasteiger partial charge in [0.2, 0.25) is 0 Å². The molecular weight excluding hydrogens is 204 g/mol. The molecule has 0 aliphatic carbocycles. The minimum atomic E-state index is -0.813. The summed E-state index contributed by atoms with van der Waals surface area (Å²) in [5, 5.41) is 8.43. The Morgan fingerprint density at radius 3 is 2.75 bits per heavy atom. The van der Waals surface area contributed by atoms with Crippen LogP contribution < -0.4 is 0 Å². The zero-order valence-electron chi connectivity index (χ0n) is 9.82. The summed E-state index contributed by atoms with van der Waals surface area (Å²) in [4.78, 5) is 10.3. The molecule has 0 amide bonds. The molecule has 0 saturated heterocycles. The van der Waals surface area contributed by atoms with E-state index in [4.69, 9.17) is 9.84 Å². The van der Waals surface area contributed by atoms with Gasteiger partial charge in [0.1, 0.15) is 0 Å². The molecule has 1 aromatic carbocycles. The summed E-state index contributed by atoms with van der Waals surface area (Å²) < 4.78 is 5.26. The monoisotopic (exact) mass is 222 g/mol. The van der Waals surface area contributed by atoms with Gasteiger partial charge in [-0.2, -0.15) is 0 Å². The van der Waals surface area contributed by atoms with E-state index in [0.29, 0.717) is 13.2 Å². The van der Waals surface area contributed by atoms with Gasteiger partial charge in [-0.15, -0.1) is 0 Å². The second-order valence-corrected chi connectivity index (χ2v) is 3.87. The standard InChI is InChI=1S/C13H18O3/c1-10-4-3-5-12(11(10)2)6-8-16-9-7-13(14)15/h3-5H,6-9H2,1-2H3,(H,14,15). The molecule has 0 aliphatic rings. The molecule has 0 heterocycles. The number of rotatable bonds is 6. The van der Waals surface area contributed by atoms with E-state index in [1.807, 2.05) is 6.07 Å². The molecule has 0 radical (unpaired) electrons. The first kappa shape index (κ1) is 12.7. The fourth-order valence-corrected chi connectivity index (χ4v) is 1.53. The highest BCUT2D eigenvalue weighted by Gasteiger charge is 2.01. The van der Waals surface area contributed by atoms with Gasteiger partial charge in [-0.25, -0.2) is 0 Å². The number of hydrogen-bond acceptors (Lipinski definition) is 2. The van der Waals surface area contributed by atoms with Gasteiger partial charge in [-0.1, -0.05) is 18.2 Å². The minimum absolute atomic E-state index is 0.0762. The van der Waals surface area contributed by atoms with Crippen molar-refractivity contribution < 1.29 is 14.6 Å². The van der Waals surface area contributed by atoms with Crippen molar-refractivity contribution in [3.8, 4) is 0 Å². The summed E-state index contributed by atoms with van der Waals surface area (Å²) >= 11 is 0. The first-order valence-corrected chi connectivity index (χ1v) is 5.46. The van der Waals surface area contributed by atoms with Gasteiger partial charge in [-0.3, -0.25) is 4.79 Å². The third kappa shape index (κ3) is 4.03. The number of carbonyl (C=O) groups is 1. The summed E-state index contributed by atoms with van der Waals surface area (Å²) in [7, 11) is 0. The van der Waals surface area contributed by atoms with Gasteiger partial charge in [-0.05, 0) is 37.0 Å². The second-order valence-electron chi connectivity index (χ2n) is 3.87. The van der Waals surface area contributed by atoms with Crippen LogP contribution in [0.15, 0.2) is 18.2 Å². The van der Waals surface area contributed by atoms with Crippen LogP contribution in [-0.4, -0.2) is 24.3 Å². The fourth-order valence-electron chi connectivity index (χ4n) is 1.53. The summed E-state index contributed by atoms with van der Waals surface area (Å²) in [5.41, 5.74) is 3.85. The van der Waals surface area contributed by atoms with E-state index < -0.39 is 5.97 Å². The van der Waals surface area contributed by atoms with Crippen LogP contribution in [-0.2, 0) is 16.0 Å². The van der Waals surface area contributed by atoms with Crippen LogP contribution in [0.3, 0.4) is 0 Å². The number of aliphatic carboxylic acids is 1. The highest BCUT2D eigenvalue weighted by atomic mass is 16.5. The fraction of sp³-hybridized carbons (Fsp3) is 0.462. The number of benzene rings is 1. The predicted molar refractivity (Wildman–Crippen MR) is 62.7 cm³/mol. The third-order valence-electron chi connectivity index (χ3n) is 2.69. The largest absolute Gasteiger partial charge is 0.481 e. The van der Waals surface area contributed by atoms with Crippen molar-refractivity contribution in [3.63, 3.8) is 0 Å². The Balaban J connectivity index is 2.32. The molecule has 88 valence electrons. The van der Waals surface area contributed by atoms with Gasteiger partial charge in [0.05, 0.1) is 19.6 Å². The van der Waals surface area contributed by atoms with Crippen LogP contribution >= 0.6 is 0 Å². The normalized spacial score (nSPS) is 10.4. The van der Waals surface area contributed by atoms with Gasteiger partial charge in [0.25, 0.3) is 0 Å². The molecule has 16 heavy (non-hydrogen) atoms. The van der Waals surface area contributed by atoms with E-state index in [9.17, 15) is 4.79 Å². The SMILES string of the molecule is Cc1cccc(CCOCCC(=O)O)c1C. The van der Waals surface area contributed by atoms with E-state index in [1.54, 1.807) is 0 Å². The average molecular weight is 222 g/mol. The second kappa shape index (κ2) is 6.28. The van der Waals surface area contributed by atoms with Gasteiger partial charge < -0.3 is 9.84 Å². The van der Waals surface area contributed by atoms with E-state index in [-0.39, 0.29) is 6.42 Å². The molecule has 0 unspecified atom stereocenters. The van der Waals surface area contributed by atoms with Crippen LogP contribution in [0.5, 0.6) is 0 Å². The van der Waals surface area contributed by atoms with E-state index in [0.717, 1.165) is 6.42 Å².